The van der Waals surface area contributed by atoms with Crippen LogP contribution in [0.2, 0.25) is 0 Å². The summed E-state index contributed by atoms with van der Waals surface area (Å²) in [5.74, 6) is 0.354. The van der Waals surface area contributed by atoms with E-state index >= 15 is 0 Å². The summed E-state index contributed by atoms with van der Waals surface area (Å²) in [4.78, 5) is 15.2. The van der Waals surface area contributed by atoms with Gasteiger partial charge in [-0.1, -0.05) is 0 Å². The van der Waals surface area contributed by atoms with Gasteiger partial charge in [0.05, 0.1) is 28.5 Å². The maximum atomic E-state index is 11.5. The fourth-order valence-electron chi connectivity index (χ4n) is 2.60. The highest BCUT2D eigenvalue weighted by Crippen LogP contribution is 2.30. The zero-order valence-electron chi connectivity index (χ0n) is 11.3. The van der Waals surface area contributed by atoms with Crippen LogP contribution in [-0.4, -0.2) is 41.0 Å². The maximum absolute atomic E-state index is 11.5. The third kappa shape index (κ3) is 2.87. The van der Waals surface area contributed by atoms with E-state index in [1.54, 1.807) is 35.4 Å². The van der Waals surface area contributed by atoms with Gasteiger partial charge >= 0.3 is 0 Å². The van der Waals surface area contributed by atoms with E-state index in [9.17, 15) is 13.2 Å². The second-order valence-electron chi connectivity index (χ2n) is 5.16. The van der Waals surface area contributed by atoms with Gasteiger partial charge < -0.3 is 0 Å². The molecule has 7 heteroatoms. The van der Waals surface area contributed by atoms with Crippen molar-refractivity contribution in [3.05, 3.63) is 42.0 Å². The van der Waals surface area contributed by atoms with Crippen LogP contribution in [0.3, 0.4) is 0 Å². The minimum absolute atomic E-state index is 0.0248. The number of pyridine rings is 1. The molecule has 2 aromatic rings. The highest BCUT2D eigenvalue weighted by atomic mass is 32.2. The summed E-state index contributed by atoms with van der Waals surface area (Å²) in [6, 6.07) is 3.60. The molecule has 0 spiro atoms. The molecule has 1 aliphatic heterocycles. The van der Waals surface area contributed by atoms with Crippen LogP contribution >= 0.6 is 0 Å². The second kappa shape index (κ2) is 5.40. The zero-order valence-corrected chi connectivity index (χ0v) is 12.2. The van der Waals surface area contributed by atoms with Gasteiger partial charge in [0.1, 0.15) is 9.84 Å². The number of hydrogen-bond donors (Lipinski definition) is 0. The van der Waals surface area contributed by atoms with Crippen LogP contribution in [0.25, 0.3) is 5.69 Å². The molecule has 0 bridgehead atoms. The Morgan fingerprint density at radius 2 is 1.86 bits per heavy atom. The van der Waals surface area contributed by atoms with Crippen LogP contribution in [-0.2, 0) is 9.84 Å². The lowest BCUT2D eigenvalue weighted by atomic mass is 9.96. The summed E-state index contributed by atoms with van der Waals surface area (Å²) < 4.78 is 24.7. The Labute approximate surface area is 122 Å². The molecule has 1 saturated heterocycles. The summed E-state index contributed by atoms with van der Waals surface area (Å²) in [6.07, 6.45) is 6.83. The Kier molecular flexibility index (Phi) is 3.59. The maximum Gasteiger partial charge on any atom is 0.153 e. The standard InChI is InChI=1S/C14H15N3O3S/c18-10-12-9-17(13-1-5-15-6-2-13)16-14(12)11-3-7-21(19,20)8-4-11/h1-2,5-6,9-11H,3-4,7-8H2. The van der Waals surface area contributed by atoms with Gasteiger partial charge in [0, 0.05) is 24.5 Å². The number of aldehydes is 1. The number of sulfone groups is 1. The Morgan fingerprint density at radius 1 is 1.19 bits per heavy atom. The van der Waals surface area contributed by atoms with E-state index in [2.05, 4.69) is 10.1 Å². The van der Waals surface area contributed by atoms with Crippen LogP contribution in [0.5, 0.6) is 0 Å². The van der Waals surface area contributed by atoms with E-state index in [0.717, 1.165) is 12.0 Å². The van der Waals surface area contributed by atoms with Crippen LogP contribution in [0, 0.1) is 0 Å². The first-order valence-electron chi connectivity index (χ1n) is 6.74. The van der Waals surface area contributed by atoms with Crippen molar-refractivity contribution in [2.24, 2.45) is 0 Å². The Balaban J connectivity index is 1.92. The van der Waals surface area contributed by atoms with Crippen LogP contribution in [0.15, 0.2) is 30.7 Å². The van der Waals surface area contributed by atoms with E-state index in [4.69, 9.17) is 0 Å². The number of carbonyl (C=O) groups excluding carboxylic acids is 1. The first kappa shape index (κ1) is 13.9. The molecular weight excluding hydrogens is 290 g/mol. The fraction of sp³-hybridized carbons (Fsp3) is 0.357. The van der Waals surface area contributed by atoms with Crippen molar-refractivity contribution < 1.29 is 13.2 Å². The Bertz CT molecular complexity index is 739. The van der Waals surface area contributed by atoms with Crippen LogP contribution < -0.4 is 0 Å². The largest absolute Gasteiger partial charge is 0.298 e. The van der Waals surface area contributed by atoms with Gasteiger partial charge in [-0.3, -0.25) is 9.78 Å². The van der Waals surface area contributed by atoms with Gasteiger partial charge in [0.15, 0.2) is 6.29 Å². The Hall–Kier alpha value is -2.02. The molecule has 3 heterocycles. The zero-order chi connectivity index (χ0) is 14.9. The third-order valence-corrected chi connectivity index (χ3v) is 5.48. The minimum Gasteiger partial charge on any atom is -0.298 e. The topological polar surface area (TPSA) is 81.9 Å². The van der Waals surface area contributed by atoms with E-state index in [1.807, 2.05) is 0 Å². The molecule has 21 heavy (non-hydrogen) atoms. The predicted molar refractivity (Wildman–Crippen MR) is 77.4 cm³/mol. The van der Waals surface area contributed by atoms with E-state index in [0.29, 0.717) is 24.1 Å². The molecule has 3 rings (SSSR count). The van der Waals surface area contributed by atoms with Crippen LogP contribution in [0.4, 0.5) is 0 Å². The quantitative estimate of drug-likeness (QED) is 0.800. The van der Waals surface area contributed by atoms with Gasteiger partial charge in [-0.15, -0.1) is 0 Å². The number of hydrogen-bond acceptors (Lipinski definition) is 5. The summed E-state index contributed by atoms with van der Waals surface area (Å²) in [5, 5.41) is 4.49. The summed E-state index contributed by atoms with van der Waals surface area (Å²) >= 11 is 0. The number of rotatable bonds is 3. The molecule has 0 aromatic carbocycles. The van der Waals surface area contributed by atoms with E-state index in [1.165, 1.54) is 0 Å². The molecule has 0 atom stereocenters. The molecule has 0 radical (unpaired) electrons. The van der Waals surface area contributed by atoms with Crippen molar-refractivity contribution in [3.8, 4) is 5.69 Å². The third-order valence-electron chi connectivity index (χ3n) is 3.77. The molecule has 0 unspecified atom stereocenters. The number of aromatic nitrogens is 3. The van der Waals surface area contributed by atoms with E-state index in [-0.39, 0.29) is 17.4 Å². The van der Waals surface area contributed by atoms with Gasteiger partial charge in [0.2, 0.25) is 0 Å². The molecule has 0 N–H and O–H groups in total. The van der Waals surface area contributed by atoms with Crippen molar-refractivity contribution in [3.63, 3.8) is 0 Å². The monoisotopic (exact) mass is 305 g/mol. The number of carbonyl (C=O) groups is 1. The molecular formula is C14H15N3O3S. The summed E-state index contributed by atoms with van der Waals surface area (Å²) in [6.45, 7) is 0. The second-order valence-corrected chi connectivity index (χ2v) is 7.47. The van der Waals surface area contributed by atoms with Crippen molar-refractivity contribution in [1.29, 1.82) is 0 Å². The lowest BCUT2D eigenvalue weighted by Gasteiger charge is -2.20. The van der Waals surface area contributed by atoms with Crippen LogP contribution in [0.1, 0.15) is 34.8 Å². The molecule has 0 saturated carbocycles. The normalized spacial score (nSPS) is 18.5. The first-order chi connectivity index (χ1) is 10.1. The summed E-state index contributed by atoms with van der Waals surface area (Å²) in [5.41, 5.74) is 2.04. The molecule has 0 amide bonds. The fourth-order valence-corrected chi connectivity index (χ4v) is 4.09. The van der Waals surface area contributed by atoms with Gasteiger partial charge in [-0.2, -0.15) is 5.10 Å². The first-order valence-corrected chi connectivity index (χ1v) is 8.57. The molecule has 1 aliphatic rings. The van der Waals surface area contributed by atoms with Crippen molar-refractivity contribution in [2.45, 2.75) is 18.8 Å². The van der Waals surface area contributed by atoms with Gasteiger partial charge in [0.25, 0.3) is 0 Å². The average Bonchev–Trinajstić information content (AvgIpc) is 2.92. The SMILES string of the molecule is O=Cc1cn(-c2ccncc2)nc1C1CCS(=O)(=O)CC1. The highest BCUT2D eigenvalue weighted by molar-refractivity contribution is 7.91. The van der Waals surface area contributed by atoms with Gasteiger partial charge in [-0.05, 0) is 25.0 Å². The smallest absolute Gasteiger partial charge is 0.153 e. The Morgan fingerprint density at radius 3 is 2.48 bits per heavy atom. The average molecular weight is 305 g/mol. The molecule has 6 nitrogen and oxygen atoms in total. The summed E-state index contributed by atoms with van der Waals surface area (Å²) in [7, 11) is -2.92. The van der Waals surface area contributed by atoms with Gasteiger partial charge in [-0.25, -0.2) is 13.1 Å². The van der Waals surface area contributed by atoms with E-state index < -0.39 is 9.84 Å². The molecule has 0 aliphatic carbocycles. The molecule has 1 fully saturated rings. The number of nitrogens with zero attached hydrogens (tertiary/aromatic N) is 3. The lowest BCUT2D eigenvalue weighted by Crippen LogP contribution is -2.23. The highest BCUT2D eigenvalue weighted by Gasteiger charge is 2.28. The molecule has 110 valence electrons. The van der Waals surface area contributed by atoms with Crippen molar-refractivity contribution in [2.75, 3.05) is 11.5 Å². The van der Waals surface area contributed by atoms with Crippen molar-refractivity contribution >= 4 is 16.1 Å². The minimum atomic E-state index is -2.92. The molecule has 2 aromatic heterocycles. The predicted octanol–water partition coefficient (Wildman–Crippen LogP) is 1.37. The lowest BCUT2D eigenvalue weighted by molar-refractivity contribution is 0.112. The van der Waals surface area contributed by atoms with Crippen molar-refractivity contribution in [1.82, 2.24) is 14.8 Å².